The van der Waals surface area contributed by atoms with Gasteiger partial charge in [-0.15, -0.1) is 0 Å². The first-order valence-corrected chi connectivity index (χ1v) is 8.05. The van der Waals surface area contributed by atoms with Crippen LogP contribution in [0.15, 0.2) is 41.0 Å². The van der Waals surface area contributed by atoms with Gasteiger partial charge in [0, 0.05) is 28.8 Å². The molecule has 1 unspecified atom stereocenters. The summed E-state index contributed by atoms with van der Waals surface area (Å²) in [6.45, 7) is 5.04. The van der Waals surface area contributed by atoms with Gasteiger partial charge in [-0.3, -0.25) is 4.98 Å². The van der Waals surface area contributed by atoms with Crippen LogP contribution in [0.4, 0.5) is 4.39 Å². The van der Waals surface area contributed by atoms with Crippen LogP contribution in [0.3, 0.4) is 0 Å². The van der Waals surface area contributed by atoms with E-state index in [0.29, 0.717) is 0 Å². The summed E-state index contributed by atoms with van der Waals surface area (Å²) in [5, 5.41) is 3.44. The molecule has 1 atom stereocenters. The molecule has 1 aromatic heterocycles. The molecule has 0 aliphatic heterocycles. The van der Waals surface area contributed by atoms with E-state index in [9.17, 15) is 4.39 Å². The minimum Gasteiger partial charge on any atom is -0.310 e. The van der Waals surface area contributed by atoms with E-state index in [-0.39, 0.29) is 11.9 Å². The van der Waals surface area contributed by atoms with E-state index in [1.807, 2.05) is 12.3 Å². The first-order valence-electron chi connectivity index (χ1n) is 7.26. The molecular weight excluding hydrogens is 331 g/mol. The Morgan fingerprint density at radius 1 is 1.24 bits per heavy atom. The van der Waals surface area contributed by atoms with E-state index in [4.69, 9.17) is 0 Å². The minimum atomic E-state index is -0.230. The molecule has 0 radical (unpaired) electrons. The van der Waals surface area contributed by atoms with Crippen LogP contribution < -0.4 is 5.32 Å². The molecule has 2 rings (SSSR count). The number of aryl methyl sites for hydroxylation is 1. The number of halogens is 2. The Kier molecular flexibility index (Phi) is 5.88. The topological polar surface area (TPSA) is 24.9 Å². The summed E-state index contributed by atoms with van der Waals surface area (Å²) in [4.78, 5) is 4.51. The number of nitrogens with zero attached hydrogens (tertiary/aromatic N) is 1. The smallest absolute Gasteiger partial charge is 0.124 e. The first kappa shape index (κ1) is 16.1. The molecule has 0 aliphatic rings. The van der Waals surface area contributed by atoms with Crippen molar-refractivity contribution in [3.05, 3.63) is 63.6 Å². The Labute approximate surface area is 133 Å². The third kappa shape index (κ3) is 4.35. The van der Waals surface area contributed by atoms with Gasteiger partial charge in [0.1, 0.15) is 5.82 Å². The highest BCUT2D eigenvalue weighted by Gasteiger charge is 2.15. The third-order valence-electron chi connectivity index (χ3n) is 3.50. The molecule has 1 aromatic carbocycles. The molecule has 1 heterocycles. The van der Waals surface area contributed by atoms with Crippen molar-refractivity contribution in [2.45, 2.75) is 32.7 Å². The molecular formula is C17H20BrFN2. The molecule has 0 spiro atoms. The molecule has 0 fully saturated rings. The largest absolute Gasteiger partial charge is 0.310 e. The van der Waals surface area contributed by atoms with Crippen molar-refractivity contribution in [3.63, 3.8) is 0 Å². The van der Waals surface area contributed by atoms with Crippen LogP contribution in [0.2, 0.25) is 0 Å². The lowest BCUT2D eigenvalue weighted by Crippen LogP contribution is -2.23. The van der Waals surface area contributed by atoms with Gasteiger partial charge in [-0.1, -0.05) is 41.9 Å². The predicted octanol–water partition coefficient (Wildman–Crippen LogP) is 4.44. The highest BCUT2D eigenvalue weighted by Crippen LogP contribution is 2.26. The van der Waals surface area contributed by atoms with E-state index < -0.39 is 0 Å². The molecule has 0 aliphatic carbocycles. The van der Waals surface area contributed by atoms with Crippen LogP contribution in [-0.4, -0.2) is 11.5 Å². The van der Waals surface area contributed by atoms with Gasteiger partial charge in [0.25, 0.3) is 0 Å². The summed E-state index contributed by atoms with van der Waals surface area (Å²) in [5.74, 6) is -0.230. The maximum atomic E-state index is 13.2. The molecule has 0 saturated heterocycles. The monoisotopic (exact) mass is 350 g/mol. The number of hydrogen-bond acceptors (Lipinski definition) is 2. The second kappa shape index (κ2) is 7.66. The summed E-state index contributed by atoms with van der Waals surface area (Å²) >= 11 is 3.45. The zero-order valence-corrected chi connectivity index (χ0v) is 14.0. The highest BCUT2D eigenvalue weighted by molar-refractivity contribution is 9.10. The minimum absolute atomic E-state index is 0.116. The molecule has 112 valence electrons. The van der Waals surface area contributed by atoms with E-state index in [1.165, 1.54) is 17.7 Å². The van der Waals surface area contributed by atoms with Crippen molar-refractivity contribution in [3.8, 4) is 0 Å². The maximum absolute atomic E-state index is 13.2. The van der Waals surface area contributed by atoms with Gasteiger partial charge in [-0.05, 0) is 42.3 Å². The molecule has 0 saturated carbocycles. The van der Waals surface area contributed by atoms with Crippen molar-refractivity contribution in [1.29, 1.82) is 0 Å². The van der Waals surface area contributed by atoms with Crippen LogP contribution in [0.1, 0.15) is 36.7 Å². The van der Waals surface area contributed by atoms with Gasteiger partial charge in [-0.2, -0.15) is 0 Å². The fraction of sp³-hybridized carbons (Fsp3) is 0.353. The number of benzene rings is 1. The van der Waals surface area contributed by atoms with Gasteiger partial charge >= 0.3 is 0 Å². The van der Waals surface area contributed by atoms with Crippen LogP contribution >= 0.6 is 15.9 Å². The van der Waals surface area contributed by atoms with Crippen molar-refractivity contribution in [2.24, 2.45) is 0 Å². The zero-order valence-electron chi connectivity index (χ0n) is 12.4. The summed E-state index contributed by atoms with van der Waals surface area (Å²) < 4.78 is 14.0. The lowest BCUT2D eigenvalue weighted by molar-refractivity contribution is 0.539. The van der Waals surface area contributed by atoms with Crippen LogP contribution in [0, 0.1) is 5.82 Å². The molecule has 4 heteroatoms. The fourth-order valence-corrected chi connectivity index (χ4v) is 2.94. The third-order valence-corrected chi connectivity index (χ3v) is 4.18. The molecule has 0 amide bonds. The number of likely N-dealkylation sites (N-methyl/N-ethyl adjacent to an activating group) is 1. The van der Waals surface area contributed by atoms with Gasteiger partial charge in [-0.25, -0.2) is 4.39 Å². The SMILES string of the molecule is CCNC(Cc1ccc(CC)cn1)c1ccc(F)cc1Br. The Balaban J connectivity index is 2.21. The standard InChI is InChI=1S/C17H20BrFN2/c1-3-12-5-7-14(21-11-12)10-17(20-4-2)15-8-6-13(19)9-16(15)18/h5-9,11,17,20H,3-4,10H2,1-2H3. The van der Waals surface area contributed by atoms with Crippen LogP contribution in [0.5, 0.6) is 0 Å². The highest BCUT2D eigenvalue weighted by atomic mass is 79.9. The Morgan fingerprint density at radius 3 is 2.62 bits per heavy atom. The normalized spacial score (nSPS) is 12.4. The first-order chi connectivity index (χ1) is 10.1. The van der Waals surface area contributed by atoms with Crippen LogP contribution in [-0.2, 0) is 12.8 Å². The van der Waals surface area contributed by atoms with Gasteiger partial charge in [0.2, 0.25) is 0 Å². The van der Waals surface area contributed by atoms with E-state index >= 15 is 0 Å². The molecule has 0 bridgehead atoms. The summed E-state index contributed by atoms with van der Waals surface area (Å²) in [7, 11) is 0. The Bertz CT molecular complexity index is 584. The Hall–Kier alpha value is -1.26. The zero-order chi connectivity index (χ0) is 15.2. The van der Waals surface area contributed by atoms with Gasteiger partial charge in [0.05, 0.1) is 0 Å². The molecule has 1 N–H and O–H groups in total. The average molecular weight is 351 g/mol. The van der Waals surface area contributed by atoms with Crippen molar-refractivity contribution < 1.29 is 4.39 Å². The predicted molar refractivity (Wildman–Crippen MR) is 87.8 cm³/mol. The van der Waals surface area contributed by atoms with E-state index in [2.05, 4.69) is 52.2 Å². The summed E-state index contributed by atoms with van der Waals surface area (Å²) in [5.41, 5.74) is 3.33. The number of aromatic nitrogens is 1. The van der Waals surface area contributed by atoms with Crippen molar-refractivity contribution in [2.75, 3.05) is 6.54 Å². The lowest BCUT2D eigenvalue weighted by atomic mass is 10.0. The molecule has 21 heavy (non-hydrogen) atoms. The summed E-state index contributed by atoms with van der Waals surface area (Å²) in [6.07, 6.45) is 3.70. The maximum Gasteiger partial charge on any atom is 0.124 e. The number of hydrogen-bond donors (Lipinski definition) is 1. The number of rotatable bonds is 6. The number of pyridine rings is 1. The number of nitrogens with one attached hydrogen (secondary N) is 1. The van der Waals surface area contributed by atoms with E-state index in [1.54, 1.807) is 0 Å². The van der Waals surface area contributed by atoms with Crippen LogP contribution in [0.25, 0.3) is 0 Å². The van der Waals surface area contributed by atoms with Gasteiger partial charge < -0.3 is 5.32 Å². The molecule has 2 nitrogen and oxygen atoms in total. The Morgan fingerprint density at radius 2 is 2.05 bits per heavy atom. The van der Waals surface area contributed by atoms with Gasteiger partial charge in [0.15, 0.2) is 0 Å². The second-order valence-electron chi connectivity index (χ2n) is 4.99. The van der Waals surface area contributed by atoms with E-state index in [0.717, 1.165) is 35.1 Å². The average Bonchev–Trinajstić information content (AvgIpc) is 2.48. The fourth-order valence-electron chi connectivity index (χ4n) is 2.32. The lowest BCUT2D eigenvalue weighted by Gasteiger charge is -2.19. The summed E-state index contributed by atoms with van der Waals surface area (Å²) in [6, 6.07) is 9.13. The molecule has 2 aromatic rings. The van der Waals surface area contributed by atoms with Crippen molar-refractivity contribution in [1.82, 2.24) is 10.3 Å². The quantitative estimate of drug-likeness (QED) is 0.832. The second-order valence-corrected chi connectivity index (χ2v) is 5.85. The van der Waals surface area contributed by atoms with Crippen molar-refractivity contribution >= 4 is 15.9 Å².